The molecule has 7 nitrogen and oxygen atoms in total. The minimum atomic E-state index is -1.14. The first-order valence-corrected chi connectivity index (χ1v) is 4.35. The van der Waals surface area contributed by atoms with Gasteiger partial charge in [-0.05, 0) is 0 Å². The molecule has 1 heterocycles. The lowest BCUT2D eigenvalue weighted by atomic mass is 10.5. The van der Waals surface area contributed by atoms with Crippen LogP contribution in [0.15, 0.2) is 10.7 Å². The topological polar surface area (TPSA) is 105 Å². The molecule has 0 saturated carbocycles. The summed E-state index contributed by atoms with van der Waals surface area (Å²) >= 11 is 0. The SMILES string of the molecule is O=C(O)c1coc(NCCOCCO)n1. The number of aromatic carboxylic acids is 1. The molecule has 0 aliphatic rings. The van der Waals surface area contributed by atoms with Gasteiger partial charge in [0.1, 0.15) is 6.26 Å². The number of ether oxygens (including phenoxy) is 1. The average Bonchev–Trinajstić information content (AvgIpc) is 2.66. The van der Waals surface area contributed by atoms with E-state index in [-0.39, 0.29) is 24.9 Å². The first kappa shape index (κ1) is 11.5. The summed E-state index contributed by atoms with van der Waals surface area (Å²) in [5, 5.41) is 19.7. The third-order valence-electron chi connectivity index (χ3n) is 1.48. The molecule has 0 radical (unpaired) electrons. The zero-order chi connectivity index (χ0) is 11.1. The van der Waals surface area contributed by atoms with Crippen LogP contribution in [0.25, 0.3) is 0 Å². The molecule has 0 unspecified atom stereocenters. The van der Waals surface area contributed by atoms with Crippen LogP contribution in [-0.4, -0.2) is 47.5 Å². The Bertz CT molecular complexity index is 312. The van der Waals surface area contributed by atoms with Crippen LogP contribution in [0.2, 0.25) is 0 Å². The molecule has 0 saturated heterocycles. The van der Waals surface area contributed by atoms with E-state index in [1.807, 2.05) is 0 Å². The summed E-state index contributed by atoms with van der Waals surface area (Å²) < 4.78 is 9.79. The standard InChI is InChI=1S/C8H12N2O5/c11-2-4-14-3-1-9-8-10-6(5-15-8)7(12)13/h5,11H,1-4H2,(H,9,10)(H,12,13). The number of nitrogens with zero attached hydrogens (tertiary/aromatic N) is 1. The second-order valence-electron chi connectivity index (χ2n) is 2.61. The number of hydrogen-bond donors (Lipinski definition) is 3. The Hall–Kier alpha value is -1.60. The minimum absolute atomic E-state index is 0.0256. The predicted octanol–water partition coefficient (Wildman–Crippen LogP) is -0.206. The third kappa shape index (κ3) is 3.96. The van der Waals surface area contributed by atoms with Crippen molar-refractivity contribution in [1.82, 2.24) is 4.98 Å². The summed E-state index contributed by atoms with van der Waals surface area (Å²) in [6.45, 7) is 1.06. The van der Waals surface area contributed by atoms with E-state index in [1.54, 1.807) is 0 Å². The Balaban J connectivity index is 2.23. The van der Waals surface area contributed by atoms with Crippen LogP contribution in [-0.2, 0) is 4.74 Å². The highest BCUT2D eigenvalue weighted by Crippen LogP contribution is 2.06. The van der Waals surface area contributed by atoms with E-state index in [2.05, 4.69) is 10.3 Å². The van der Waals surface area contributed by atoms with Crippen LogP contribution in [0.1, 0.15) is 10.5 Å². The first-order chi connectivity index (χ1) is 7.24. The summed E-state index contributed by atoms with van der Waals surface area (Å²) in [5.41, 5.74) is -0.145. The number of hydrogen-bond acceptors (Lipinski definition) is 6. The molecule has 0 aromatic carbocycles. The Morgan fingerprint density at radius 1 is 1.60 bits per heavy atom. The van der Waals surface area contributed by atoms with Gasteiger partial charge in [-0.3, -0.25) is 0 Å². The summed E-state index contributed by atoms with van der Waals surface area (Å²) in [6.07, 6.45) is 1.05. The molecule has 0 aliphatic carbocycles. The largest absolute Gasteiger partial charge is 0.476 e. The van der Waals surface area contributed by atoms with Crippen LogP contribution in [0, 0.1) is 0 Å². The van der Waals surface area contributed by atoms with E-state index in [9.17, 15) is 4.79 Å². The number of nitrogens with one attached hydrogen (secondary N) is 1. The van der Waals surface area contributed by atoms with Gasteiger partial charge < -0.3 is 24.7 Å². The molecule has 0 atom stereocenters. The van der Waals surface area contributed by atoms with Gasteiger partial charge in [0, 0.05) is 6.54 Å². The third-order valence-corrected chi connectivity index (χ3v) is 1.48. The smallest absolute Gasteiger partial charge is 0.357 e. The number of aliphatic hydroxyl groups is 1. The van der Waals surface area contributed by atoms with Crippen molar-refractivity contribution in [3.63, 3.8) is 0 Å². The van der Waals surface area contributed by atoms with Crippen molar-refractivity contribution < 1.29 is 24.2 Å². The quantitative estimate of drug-likeness (QED) is 0.542. The number of carboxylic acids is 1. The second-order valence-corrected chi connectivity index (χ2v) is 2.61. The normalized spacial score (nSPS) is 10.2. The predicted molar refractivity (Wildman–Crippen MR) is 49.9 cm³/mol. The van der Waals surface area contributed by atoms with Crippen molar-refractivity contribution in [2.45, 2.75) is 0 Å². The number of aromatic nitrogens is 1. The number of aliphatic hydroxyl groups excluding tert-OH is 1. The molecule has 0 bridgehead atoms. The average molecular weight is 216 g/mol. The maximum atomic E-state index is 10.4. The molecule has 1 aromatic heterocycles. The van der Waals surface area contributed by atoms with Gasteiger partial charge in [0.15, 0.2) is 5.69 Å². The lowest BCUT2D eigenvalue weighted by Crippen LogP contribution is -2.11. The Morgan fingerprint density at radius 3 is 3.00 bits per heavy atom. The Morgan fingerprint density at radius 2 is 2.40 bits per heavy atom. The van der Waals surface area contributed by atoms with Crippen molar-refractivity contribution in [3.8, 4) is 0 Å². The van der Waals surface area contributed by atoms with Gasteiger partial charge in [-0.2, -0.15) is 4.98 Å². The minimum Gasteiger partial charge on any atom is -0.476 e. The number of anilines is 1. The van der Waals surface area contributed by atoms with Gasteiger partial charge in [0.05, 0.1) is 19.8 Å². The van der Waals surface area contributed by atoms with E-state index >= 15 is 0 Å². The van der Waals surface area contributed by atoms with Crippen LogP contribution >= 0.6 is 0 Å². The lowest BCUT2D eigenvalue weighted by molar-refractivity contribution is 0.0690. The van der Waals surface area contributed by atoms with Crippen LogP contribution in [0.5, 0.6) is 0 Å². The van der Waals surface area contributed by atoms with Crippen LogP contribution in [0.4, 0.5) is 6.01 Å². The molecule has 0 aliphatic heterocycles. The Kier molecular flexibility index (Phi) is 4.58. The van der Waals surface area contributed by atoms with Gasteiger partial charge in [0.25, 0.3) is 6.01 Å². The fraction of sp³-hybridized carbons (Fsp3) is 0.500. The number of rotatable bonds is 7. The number of carboxylic acid groups (broad SMARTS) is 1. The molecule has 0 amide bonds. The van der Waals surface area contributed by atoms with Crippen molar-refractivity contribution in [2.24, 2.45) is 0 Å². The Labute approximate surface area is 85.7 Å². The molecular weight excluding hydrogens is 204 g/mol. The van der Waals surface area contributed by atoms with Crippen molar-refractivity contribution in [2.75, 3.05) is 31.7 Å². The highest BCUT2D eigenvalue weighted by atomic mass is 16.5. The van der Waals surface area contributed by atoms with Crippen LogP contribution < -0.4 is 5.32 Å². The molecule has 1 rings (SSSR count). The molecule has 0 spiro atoms. The highest BCUT2D eigenvalue weighted by molar-refractivity contribution is 5.85. The molecule has 0 fully saturated rings. The molecule has 84 valence electrons. The van der Waals surface area contributed by atoms with Gasteiger partial charge in [-0.25, -0.2) is 4.79 Å². The maximum absolute atomic E-state index is 10.4. The van der Waals surface area contributed by atoms with Crippen molar-refractivity contribution in [1.29, 1.82) is 0 Å². The molecule has 15 heavy (non-hydrogen) atoms. The first-order valence-electron chi connectivity index (χ1n) is 4.35. The van der Waals surface area contributed by atoms with E-state index in [0.717, 1.165) is 6.26 Å². The van der Waals surface area contributed by atoms with Crippen molar-refractivity contribution in [3.05, 3.63) is 12.0 Å². The molecule has 1 aromatic rings. The van der Waals surface area contributed by atoms with Gasteiger partial charge in [-0.1, -0.05) is 0 Å². The summed E-state index contributed by atoms with van der Waals surface area (Å²) in [7, 11) is 0. The summed E-state index contributed by atoms with van der Waals surface area (Å²) in [5.74, 6) is -1.14. The zero-order valence-electron chi connectivity index (χ0n) is 7.97. The second kappa shape index (κ2) is 5.99. The van der Waals surface area contributed by atoms with Gasteiger partial charge >= 0.3 is 5.97 Å². The van der Waals surface area contributed by atoms with E-state index in [1.165, 1.54) is 0 Å². The number of carbonyl (C=O) groups is 1. The van der Waals surface area contributed by atoms with Gasteiger partial charge in [-0.15, -0.1) is 0 Å². The van der Waals surface area contributed by atoms with E-state index in [0.29, 0.717) is 13.2 Å². The van der Waals surface area contributed by atoms with E-state index in [4.69, 9.17) is 19.4 Å². The molecule has 3 N–H and O–H groups in total. The van der Waals surface area contributed by atoms with Gasteiger partial charge in [0.2, 0.25) is 0 Å². The fourth-order valence-electron chi connectivity index (χ4n) is 0.850. The fourth-order valence-corrected chi connectivity index (χ4v) is 0.850. The van der Waals surface area contributed by atoms with Crippen molar-refractivity contribution >= 4 is 12.0 Å². The number of oxazole rings is 1. The lowest BCUT2D eigenvalue weighted by Gasteiger charge is -2.01. The van der Waals surface area contributed by atoms with Crippen LogP contribution in [0.3, 0.4) is 0 Å². The summed E-state index contributed by atoms with van der Waals surface area (Å²) in [4.78, 5) is 14.1. The molecular formula is C8H12N2O5. The highest BCUT2D eigenvalue weighted by Gasteiger charge is 2.09. The maximum Gasteiger partial charge on any atom is 0.357 e. The molecule has 7 heteroatoms. The summed E-state index contributed by atoms with van der Waals surface area (Å²) in [6, 6.07) is 0.139. The van der Waals surface area contributed by atoms with E-state index < -0.39 is 5.97 Å². The zero-order valence-corrected chi connectivity index (χ0v) is 7.97. The monoisotopic (exact) mass is 216 g/mol.